The third-order valence-electron chi connectivity index (χ3n) is 2.44. The van der Waals surface area contributed by atoms with Gasteiger partial charge in [0.15, 0.2) is 0 Å². The lowest BCUT2D eigenvalue weighted by Gasteiger charge is -2.08. The molecule has 0 aliphatic heterocycles. The summed E-state index contributed by atoms with van der Waals surface area (Å²) in [7, 11) is 1.38. The van der Waals surface area contributed by atoms with Crippen molar-refractivity contribution < 1.29 is 14.6 Å². The third-order valence-corrected chi connectivity index (χ3v) is 2.44. The zero-order chi connectivity index (χ0) is 12.7. The van der Waals surface area contributed by atoms with Crippen molar-refractivity contribution in [1.29, 1.82) is 0 Å². The van der Waals surface area contributed by atoms with Crippen molar-refractivity contribution in [1.82, 2.24) is 0 Å². The Bertz CT molecular complexity index is 338. The number of phenols is 1. The zero-order valence-electron chi connectivity index (χ0n) is 10.5. The van der Waals surface area contributed by atoms with Gasteiger partial charge >= 0.3 is 5.97 Å². The second-order valence-electron chi connectivity index (χ2n) is 4.36. The molecule has 1 atom stereocenters. The Labute approximate surface area is 102 Å². The molecule has 17 heavy (non-hydrogen) atoms. The summed E-state index contributed by atoms with van der Waals surface area (Å²) in [4.78, 5) is 11.1. The van der Waals surface area contributed by atoms with E-state index in [9.17, 15) is 4.79 Å². The highest BCUT2D eigenvalue weighted by Gasteiger charge is 2.13. The molecule has 94 valence electrons. The van der Waals surface area contributed by atoms with E-state index in [0.717, 1.165) is 5.56 Å². The van der Waals surface area contributed by atoms with E-state index >= 15 is 0 Å². The molecule has 3 nitrogen and oxygen atoms in total. The topological polar surface area (TPSA) is 46.5 Å². The van der Waals surface area contributed by atoms with Crippen LogP contribution >= 0.6 is 0 Å². The molecule has 0 spiro atoms. The van der Waals surface area contributed by atoms with Crippen LogP contribution in [0.15, 0.2) is 24.3 Å². The molecule has 0 saturated heterocycles. The molecule has 0 amide bonds. The molecule has 1 saturated carbocycles. The summed E-state index contributed by atoms with van der Waals surface area (Å²) >= 11 is 0. The van der Waals surface area contributed by atoms with Gasteiger partial charge in [-0.15, -0.1) is 0 Å². The standard InChI is InChI=1S/C11H14O3.C3H6/c1-8(11(13)14-2)7-9-3-5-10(12)6-4-9;1-2-3-1/h3-6,8,12H,7H2,1-2H3;1-3H2. The van der Waals surface area contributed by atoms with Crippen LogP contribution in [-0.4, -0.2) is 18.2 Å². The SMILES string of the molecule is C1CC1.COC(=O)C(C)Cc1ccc(O)cc1. The van der Waals surface area contributed by atoms with E-state index in [1.807, 2.05) is 6.92 Å². The average Bonchev–Trinajstić information content (AvgIpc) is 3.18. The van der Waals surface area contributed by atoms with E-state index in [4.69, 9.17) is 5.11 Å². The Balaban J connectivity index is 0.000000415. The number of ether oxygens (including phenoxy) is 1. The van der Waals surface area contributed by atoms with Crippen LogP contribution in [0, 0.1) is 5.92 Å². The molecule has 0 radical (unpaired) electrons. The van der Waals surface area contributed by atoms with Gasteiger partial charge < -0.3 is 9.84 Å². The van der Waals surface area contributed by atoms with Crippen molar-refractivity contribution in [2.24, 2.45) is 5.92 Å². The monoisotopic (exact) mass is 236 g/mol. The highest BCUT2D eigenvalue weighted by atomic mass is 16.5. The second-order valence-corrected chi connectivity index (χ2v) is 4.36. The van der Waals surface area contributed by atoms with E-state index in [-0.39, 0.29) is 17.6 Å². The average molecular weight is 236 g/mol. The second kappa shape index (κ2) is 6.94. The van der Waals surface area contributed by atoms with Gasteiger partial charge in [0.1, 0.15) is 5.75 Å². The summed E-state index contributed by atoms with van der Waals surface area (Å²) in [6.07, 6.45) is 5.13. The molecule has 0 aromatic heterocycles. The Kier molecular flexibility index (Phi) is 5.53. The third kappa shape index (κ3) is 5.95. The van der Waals surface area contributed by atoms with Crippen LogP contribution in [0.5, 0.6) is 5.75 Å². The number of rotatable bonds is 3. The first-order valence-electron chi connectivity index (χ1n) is 5.99. The number of methoxy groups -OCH3 is 1. The lowest BCUT2D eigenvalue weighted by molar-refractivity contribution is -0.144. The van der Waals surface area contributed by atoms with E-state index in [1.54, 1.807) is 24.3 Å². The number of aromatic hydroxyl groups is 1. The van der Waals surface area contributed by atoms with E-state index in [1.165, 1.54) is 26.4 Å². The Morgan fingerprint density at radius 2 is 1.82 bits per heavy atom. The van der Waals surface area contributed by atoms with Gasteiger partial charge in [0, 0.05) is 0 Å². The Hall–Kier alpha value is -1.51. The molecule has 1 fully saturated rings. The number of carbonyl (C=O) groups is 1. The van der Waals surface area contributed by atoms with Crippen LogP contribution in [0.1, 0.15) is 31.7 Å². The summed E-state index contributed by atoms with van der Waals surface area (Å²) in [6, 6.07) is 6.82. The lowest BCUT2D eigenvalue weighted by Crippen LogP contribution is -2.14. The molecule has 1 aromatic rings. The Morgan fingerprint density at radius 1 is 1.29 bits per heavy atom. The van der Waals surface area contributed by atoms with Crippen LogP contribution < -0.4 is 0 Å². The minimum absolute atomic E-state index is 0.149. The predicted molar refractivity (Wildman–Crippen MR) is 66.8 cm³/mol. The van der Waals surface area contributed by atoms with Crippen LogP contribution in [-0.2, 0) is 16.0 Å². The number of hydrogen-bond donors (Lipinski definition) is 1. The number of benzene rings is 1. The summed E-state index contributed by atoms with van der Waals surface area (Å²) in [6.45, 7) is 1.82. The summed E-state index contributed by atoms with van der Waals surface area (Å²) < 4.78 is 4.62. The van der Waals surface area contributed by atoms with Gasteiger partial charge in [0.25, 0.3) is 0 Å². The molecule has 1 aliphatic carbocycles. The van der Waals surface area contributed by atoms with Crippen molar-refractivity contribution >= 4 is 5.97 Å². The molecular formula is C14H20O3. The van der Waals surface area contributed by atoms with Crippen molar-refractivity contribution in [3.05, 3.63) is 29.8 Å². The highest BCUT2D eigenvalue weighted by molar-refractivity contribution is 5.72. The van der Waals surface area contributed by atoms with Gasteiger partial charge in [-0.2, -0.15) is 0 Å². The van der Waals surface area contributed by atoms with Crippen LogP contribution in [0.25, 0.3) is 0 Å². The molecule has 1 aliphatic rings. The number of phenolic OH excluding ortho intramolecular Hbond substituents is 1. The van der Waals surface area contributed by atoms with Crippen LogP contribution in [0.3, 0.4) is 0 Å². The molecule has 0 heterocycles. The number of hydrogen-bond acceptors (Lipinski definition) is 3. The minimum Gasteiger partial charge on any atom is -0.508 e. The van der Waals surface area contributed by atoms with E-state index < -0.39 is 0 Å². The fraction of sp³-hybridized carbons (Fsp3) is 0.500. The summed E-state index contributed by atoms with van der Waals surface area (Å²) in [5, 5.41) is 9.05. The van der Waals surface area contributed by atoms with Gasteiger partial charge in [-0.25, -0.2) is 0 Å². The van der Waals surface area contributed by atoms with Crippen molar-refractivity contribution in [2.45, 2.75) is 32.6 Å². The molecule has 3 heteroatoms. The fourth-order valence-electron chi connectivity index (χ4n) is 1.27. The maximum atomic E-state index is 11.1. The molecular weight excluding hydrogens is 216 g/mol. The van der Waals surface area contributed by atoms with Gasteiger partial charge in [-0.3, -0.25) is 4.79 Å². The molecule has 2 rings (SSSR count). The van der Waals surface area contributed by atoms with Crippen molar-refractivity contribution in [3.8, 4) is 5.75 Å². The molecule has 0 bridgehead atoms. The smallest absolute Gasteiger partial charge is 0.308 e. The van der Waals surface area contributed by atoms with Gasteiger partial charge in [0.2, 0.25) is 0 Å². The maximum Gasteiger partial charge on any atom is 0.308 e. The predicted octanol–water partition coefficient (Wildman–Crippen LogP) is 2.91. The molecule has 1 unspecified atom stereocenters. The first kappa shape index (κ1) is 13.6. The van der Waals surface area contributed by atoms with E-state index in [0.29, 0.717) is 6.42 Å². The zero-order valence-corrected chi connectivity index (χ0v) is 10.5. The maximum absolute atomic E-state index is 11.1. The highest BCUT2D eigenvalue weighted by Crippen LogP contribution is 2.15. The van der Waals surface area contributed by atoms with Gasteiger partial charge in [0.05, 0.1) is 13.0 Å². The first-order valence-corrected chi connectivity index (χ1v) is 5.99. The summed E-state index contributed by atoms with van der Waals surface area (Å²) in [5.41, 5.74) is 1.01. The Morgan fingerprint density at radius 3 is 2.24 bits per heavy atom. The van der Waals surface area contributed by atoms with Crippen molar-refractivity contribution in [2.75, 3.05) is 7.11 Å². The minimum atomic E-state index is -0.210. The summed E-state index contributed by atoms with van der Waals surface area (Å²) in [5.74, 6) is -0.123. The van der Waals surface area contributed by atoms with E-state index in [2.05, 4.69) is 4.74 Å². The fourth-order valence-corrected chi connectivity index (χ4v) is 1.27. The van der Waals surface area contributed by atoms with Gasteiger partial charge in [-0.1, -0.05) is 38.3 Å². The molecule has 1 N–H and O–H groups in total. The largest absolute Gasteiger partial charge is 0.508 e. The first-order chi connectivity index (χ1) is 8.13. The number of esters is 1. The van der Waals surface area contributed by atoms with Crippen LogP contribution in [0.2, 0.25) is 0 Å². The van der Waals surface area contributed by atoms with Crippen LogP contribution in [0.4, 0.5) is 0 Å². The lowest BCUT2D eigenvalue weighted by atomic mass is 10.0. The molecule has 1 aromatic carbocycles. The quantitative estimate of drug-likeness (QED) is 0.821. The normalized spacial score (nSPS) is 14.2. The van der Waals surface area contributed by atoms with Gasteiger partial charge in [-0.05, 0) is 24.1 Å². The number of carbonyl (C=O) groups excluding carboxylic acids is 1. The van der Waals surface area contributed by atoms with Crippen molar-refractivity contribution in [3.63, 3.8) is 0 Å².